The zero-order valence-electron chi connectivity index (χ0n) is 8.59. The van der Waals surface area contributed by atoms with Crippen molar-refractivity contribution in [3.05, 3.63) is 17.8 Å². The zero-order chi connectivity index (χ0) is 12.0. The first-order chi connectivity index (χ1) is 7.51. The van der Waals surface area contributed by atoms with Crippen LogP contribution in [-0.4, -0.2) is 30.9 Å². The number of nitrogens with zero attached hydrogens (tertiary/aromatic N) is 1. The second-order valence-electron chi connectivity index (χ2n) is 3.18. The third-order valence-corrected chi connectivity index (χ3v) is 1.72. The third kappa shape index (κ3) is 5.13. The van der Waals surface area contributed by atoms with Crippen LogP contribution in [0.5, 0.6) is 0 Å². The third-order valence-electron chi connectivity index (χ3n) is 1.72. The van der Waals surface area contributed by atoms with E-state index in [9.17, 15) is 13.2 Å². The van der Waals surface area contributed by atoms with E-state index in [1.165, 1.54) is 6.20 Å². The molecule has 1 heterocycles. The summed E-state index contributed by atoms with van der Waals surface area (Å²) in [6.45, 7) is -0.863. The highest BCUT2D eigenvalue weighted by Gasteiger charge is 2.27. The second-order valence-corrected chi connectivity index (χ2v) is 3.18. The molecule has 1 rings (SSSR count). The minimum absolute atomic E-state index is 0.0449. The highest BCUT2D eigenvalue weighted by molar-refractivity contribution is 4.94. The molecule has 0 unspecified atom stereocenters. The van der Waals surface area contributed by atoms with Gasteiger partial charge in [0.25, 0.3) is 0 Å². The summed E-state index contributed by atoms with van der Waals surface area (Å²) in [4.78, 5) is 3.91. The first-order valence-corrected chi connectivity index (χ1v) is 4.79. The Morgan fingerprint density at radius 3 is 2.75 bits per heavy atom. The van der Waals surface area contributed by atoms with Crippen molar-refractivity contribution in [3.63, 3.8) is 0 Å². The quantitative estimate of drug-likeness (QED) is 0.759. The van der Waals surface area contributed by atoms with Gasteiger partial charge in [-0.05, 0) is 0 Å². The number of halogens is 3. The van der Waals surface area contributed by atoms with Gasteiger partial charge in [-0.25, -0.2) is 4.98 Å². The fourth-order valence-electron chi connectivity index (χ4n) is 1.06. The molecule has 0 aromatic carbocycles. The Labute approximate surface area is 90.6 Å². The fourth-order valence-corrected chi connectivity index (χ4v) is 1.06. The molecule has 1 aromatic heterocycles. The predicted octanol–water partition coefficient (Wildman–Crippen LogP) is 1.30. The van der Waals surface area contributed by atoms with E-state index >= 15 is 0 Å². The van der Waals surface area contributed by atoms with Crippen LogP contribution in [0.15, 0.2) is 10.6 Å². The summed E-state index contributed by atoms with van der Waals surface area (Å²) in [6.07, 6.45) is -2.02. The molecule has 0 saturated carbocycles. The lowest BCUT2D eigenvalue weighted by molar-refractivity contribution is -0.173. The molecule has 4 nitrogen and oxygen atoms in total. The van der Waals surface area contributed by atoms with Crippen molar-refractivity contribution in [1.82, 2.24) is 4.98 Å². The Hall–Kier alpha value is -1.08. The van der Waals surface area contributed by atoms with E-state index in [0.29, 0.717) is 24.6 Å². The van der Waals surface area contributed by atoms with Gasteiger partial charge in [-0.2, -0.15) is 13.2 Å². The molecule has 0 fully saturated rings. The Bertz CT molecular complexity index is 312. The SMILES string of the molecule is NCCc1ncc(CCOCC(F)(F)F)o1. The summed E-state index contributed by atoms with van der Waals surface area (Å²) < 4.78 is 44.8. The molecule has 1 aromatic rings. The number of nitrogens with two attached hydrogens (primary N) is 1. The van der Waals surface area contributed by atoms with E-state index in [4.69, 9.17) is 10.2 Å². The highest BCUT2D eigenvalue weighted by atomic mass is 19.4. The van der Waals surface area contributed by atoms with Crippen molar-refractivity contribution in [1.29, 1.82) is 0 Å². The van der Waals surface area contributed by atoms with Gasteiger partial charge >= 0.3 is 6.18 Å². The van der Waals surface area contributed by atoms with Crippen molar-refractivity contribution in [2.45, 2.75) is 19.0 Å². The molecule has 2 N–H and O–H groups in total. The van der Waals surface area contributed by atoms with Crippen LogP contribution in [0.4, 0.5) is 13.2 Å². The molecule has 0 aliphatic rings. The Morgan fingerprint density at radius 2 is 2.12 bits per heavy atom. The minimum atomic E-state index is -4.29. The standard InChI is InChI=1S/C9H13F3N2O2/c10-9(11,12)6-15-4-2-7-5-14-8(16-7)1-3-13/h5H,1-4,6,13H2. The fraction of sp³-hybridized carbons (Fsp3) is 0.667. The molecular weight excluding hydrogens is 225 g/mol. The second kappa shape index (κ2) is 5.86. The maximum absolute atomic E-state index is 11.7. The lowest BCUT2D eigenvalue weighted by Gasteiger charge is -2.05. The molecule has 0 radical (unpaired) electrons. The number of ether oxygens (including phenoxy) is 1. The number of hydrogen-bond donors (Lipinski definition) is 1. The topological polar surface area (TPSA) is 61.3 Å². The average Bonchev–Trinajstić information content (AvgIpc) is 2.60. The van der Waals surface area contributed by atoms with Gasteiger partial charge in [0.05, 0.1) is 12.8 Å². The summed E-state index contributed by atoms with van der Waals surface area (Å²) in [5.74, 6) is 0.999. The summed E-state index contributed by atoms with van der Waals surface area (Å²) in [7, 11) is 0. The van der Waals surface area contributed by atoms with Crippen LogP contribution in [-0.2, 0) is 17.6 Å². The monoisotopic (exact) mass is 238 g/mol. The van der Waals surface area contributed by atoms with E-state index in [1.54, 1.807) is 0 Å². The minimum Gasteiger partial charge on any atom is -0.446 e. The maximum atomic E-state index is 11.7. The maximum Gasteiger partial charge on any atom is 0.411 e. The molecule has 0 saturated heterocycles. The van der Waals surface area contributed by atoms with Crippen LogP contribution < -0.4 is 5.73 Å². The number of alkyl halides is 3. The van der Waals surface area contributed by atoms with E-state index < -0.39 is 12.8 Å². The van der Waals surface area contributed by atoms with Crippen molar-refractivity contribution < 1.29 is 22.3 Å². The van der Waals surface area contributed by atoms with Crippen LogP contribution >= 0.6 is 0 Å². The van der Waals surface area contributed by atoms with E-state index in [-0.39, 0.29) is 13.0 Å². The van der Waals surface area contributed by atoms with E-state index in [2.05, 4.69) is 9.72 Å². The van der Waals surface area contributed by atoms with Gasteiger partial charge in [0.15, 0.2) is 5.89 Å². The van der Waals surface area contributed by atoms with Gasteiger partial charge in [-0.1, -0.05) is 0 Å². The average molecular weight is 238 g/mol. The number of aromatic nitrogens is 1. The summed E-state index contributed by atoms with van der Waals surface area (Å²) in [6, 6.07) is 0. The summed E-state index contributed by atoms with van der Waals surface area (Å²) >= 11 is 0. The van der Waals surface area contributed by atoms with Gasteiger partial charge in [-0.15, -0.1) is 0 Å². The first kappa shape index (κ1) is 13.0. The van der Waals surface area contributed by atoms with Gasteiger partial charge in [0, 0.05) is 19.4 Å². The largest absolute Gasteiger partial charge is 0.446 e. The summed E-state index contributed by atoms with van der Waals surface area (Å²) in [5.41, 5.74) is 5.29. The van der Waals surface area contributed by atoms with Crippen LogP contribution in [0.3, 0.4) is 0 Å². The molecule has 92 valence electrons. The van der Waals surface area contributed by atoms with E-state index in [0.717, 1.165) is 0 Å². The molecule has 0 bridgehead atoms. The normalized spacial score (nSPS) is 12.0. The van der Waals surface area contributed by atoms with Crippen molar-refractivity contribution in [2.24, 2.45) is 5.73 Å². The van der Waals surface area contributed by atoms with Crippen LogP contribution in [0.2, 0.25) is 0 Å². The molecule has 16 heavy (non-hydrogen) atoms. The first-order valence-electron chi connectivity index (χ1n) is 4.79. The van der Waals surface area contributed by atoms with Gasteiger partial charge in [-0.3, -0.25) is 0 Å². The Kier molecular flexibility index (Phi) is 4.75. The van der Waals surface area contributed by atoms with Gasteiger partial charge < -0.3 is 14.9 Å². The van der Waals surface area contributed by atoms with Crippen LogP contribution in [0.25, 0.3) is 0 Å². The predicted molar refractivity (Wildman–Crippen MR) is 49.8 cm³/mol. The van der Waals surface area contributed by atoms with Crippen molar-refractivity contribution >= 4 is 0 Å². The molecule has 7 heteroatoms. The van der Waals surface area contributed by atoms with Crippen LogP contribution in [0.1, 0.15) is 11.7 Å². The Balaban J connectivity index is 2.21. The van der Waals surface area contributed by atoms with Crippen molar-refractivity contribution in [2.75, 3.05) is 19.8 Å². The van der Waals surface area contributed by atoms with Crippen LogP contribution in [0, 0.1) is 0 Å². The zero-order valence-corrected chi connectivity index (χ0v) is 8.59. The number of rotatable bonds is 6. The lowest BCUT2D eigenvalue weighted by atomic mass is 10.4. The number of oxazole rings is 1. The van der Waals surface area contributed by atoms with Gasteiger partial charge in [0.2, 0.25) is 0 Å². The molecule has 0 spiro atoms. The number of hydrogen-bond acceptors (Lipinski definition) is 4. The smallest absolute Gasteiger partial charge is 0.411 e. The molecule has 0 aliphatic heterocycles. The molecule has 0 atom stereocenters. The van der Waals surface area contributed by atoms with E-state index in [1.807, 2.05) is 0 Å². The van der Waals surface area contributed by atoms with Crippen molar-refractivity contribution in [3.8, 4) is 0 Å². The lowest BCUT2D eigenvalue weighted by Crippen LogP contribution is -2.17. The molecule has 0 aliphatic carbocycles. The molecule has 0 amide bonds. The highest BCUT2D eigenvalue weighted by Crippen LogP contribution is 2.14. The molecular formula is C9H13F3N2O2. The Morgan fingerprint density at radius 1 is 1.38 bits per heavy atom. The van der Waals surface area contributed by atoms with Gasteiger partial charge in [0.1, 0.15) is 12.4 Å². The summed E-state index contributed by atoms with van der Waals surface area (Å²) in [5, 5.41) is 0.